The van der Waals surface area contributed by atoms with Crippen molar-refractivity contribution in [1.82, 2.24) is 4.98 Å². The second-order valence-corrected chi connectivity index (χ2v) is 5.47. The first-order valence-electron chi connectivity index (χ1n) is 5.84. The average molecular weight is 246 g/mol. The first-order chi connectivity index (χ1) is 8.10. The van der Waals surface area contributed by atoms with Crippen molar-refractivity contribution in [2.24, 2.45) is 5.73 Å². The number of thiazole rings is 1. The van der Waals surface area contributed by atoms with Gasteiger partial charge < -0.3 is 5.73 Å². The van der Waals surface area contributed by atoms with E-state index in [9.17, 15) is 0 Å². The van der Waals surface area contributed by atoms with Crippen LogP contribution in [0.5, 0.6) is 0 Å². The molecule has 3 heteroatoms. The van der Waals surface area contributed by atoms with E-state index >= 15 is 0 Å². The van der Waals surface area contributed by atoms with Crippen LogP contribution in [0.1, 0.15) is 29.0 Å². The van der Waals surface area contributed by atoms with Crippen molar-refractivity contribution in [2.45, 2.75) is 26.7 Å². The van der Waals surface area contributed by atoms with E-state index in [0.29, 0.717) is 12.5 Å². The highest BCUT2D eigenvalue weighted by atomic mass is 32.1. The summed E-state index contributed by atoms with van der Waals surface area (Å²) in [5.41, 5.74) is 10.5. The van der Waals surface area contributed by atoms with E-state index in [2.05, 4.69) is 49.3 Å². The van der Waals surface area contributed by atoms with Gasteiger partial charge in [0, 0.05) is 23.4 Å². The molecule has 17 heavy (non-hydrogen) atoms. The Morgan fingerprint density at radius 2 is 1.88 bits per heavy atom. The molecule has 90 valence electrons. The SMILES string of the molecule is Cc1cc(C)cc(-c2csc(C(C)CN)n2)c1. The molecule has 0 amide bonds. The third kappa shape index (κ3) is 2.73. The predicted octanol–water partition coefficient (Wildman–Crippen LogP) is 3.49. The normalized spacial score (nSPS) is 12.7. The van der Waals surface area contributed by atoms with E-state index in [1.165, 1.54) is 16.7 Å². The summed E-state index contributed by atoms with van der Waals surface area (Å²) >= 11 is 1.70. The fourth-order valence-corrected chi connectivity index (χ4v) is 2.77. The molecule has 0 fully saturated rings. The predicted molar refractivity (Wildman–Crippen MR) is 74.5 cm³/mol. The summed E-state index contributed by atoms with van der Waals surface area (Å²) in [6.07, 6.45) is 0. The van der Waals surface area contributed by atoms with Crippen molar-refractivity contribution >= 4 is 11.3 Å². The Morgan fingerprint density at radius 3 is 2.47 bits per heavy atom. The summed E-state index contributed by atoms with van der Waals surface area (Å²) in [7, 11) is 0. The zero-order valence-electron chi connectivity index (χ0n) is 10.5. The lowest BCUT2D eigenvalue weighted by Crippen LogP contribution is -2.08. The highest BCUT2D eigenvalue weighted by Gasteiger charge is 2.10. The van der Waals surface area contributed by atoms with Crippen molar-refractivity contribution in [2.75, 3.05) is 6.54 Å². The van der Waals surface area contributed by atoms with Gasteiger partial charge in [-0.2, -0.15) is 0 Å². The van der Waals surface area contributed by atoms with Gasteiger partial charge in [0.25, 0.3) is 0 Å². The van der Waals surface area contributed by atoms with Gasteiger partial charge in [-0.15, -0.1) is 11.3 Å². The topological polar surface area (TPSA) is 38.9 Å². The summed E-state index contributed by atoms with van der Waals surface area (Å²) in [6, 6.07) is 6.54. The highest BCUT2D eigenvalue weighted by molar-refractivity contribution is 7.10. The molecule has 0 aliphatic rings. The van der Waals surface area contributed by atoms with Gasteiger partial charge in [0.05, 0.1) is 10.7 Å². The average Bonchev–Trinajstić information content (AvgIpc) is 2.76. The monoisotopic (exact) mass is 246 g/mol. The number of nitrogens with two attached hydrogens (primary N) is 1. The molecular weight excluding hydrogens is 228 g/mol. The van der Waals surface area contributed by atoms with Gasteiger partial charge in [-0.05, 0) is 26.0 Å². The number of hydrogen-bond donors (Lipinski definition) is 1. The maximum Gasteiger partial charge on any atom is 0.0973 e. The largest absolute Gasteiger partial charge is 0.330 e. The maximum atomic E-state index is 5.67. The van der Waals surface area contributed by atoms with Gasteiger partial charge in [0.1, 0.15) is 0 Å². The van der Waals surface area contributed by atoms with Gasteiger partial charge in [0.2, 0.25) is 0 Å². The summed E-state index contributed by atoms with van der Waals surface area (Å²) < 4.78 is 0. The van der Waals surface area contributed by atoms with Crippen LogP contribution in [0.4, 0.5) is 0 Å². The van der Waals surface area contributed by atoms with Gasteiger partial charge >= 0.3 is 0 Å². The van der Waals surface area contributed by atoms with Crippen LogP contribution in [-0.4, -0.2) is 11.5 Å². The lowest BCUT2D eigenvalue weighted by Gasteiger charge is -2.03. The highest BCUT2D eigenvalue weighted by Crippen LogP contribution is 2.27. The maximum absolute atomic E-state index is 5.67. The van der Waals surface area contributed by atoms with Gasteiger partial charge in [-0.25, -0.2) is 4.98 Å². The molecule has 2 nitrogen and oxygen atoms in total. The number of aromatic nitrogens is 1. The third-order valence-corrected chi connectivity index (χ3v) is 3.89. The minimum absolute atomic E-state index is 0.347. The smallest absolute Gasteiger partial charge is 0.0973 e. The summed E-state index contributed by atoms with van der Waals surface area (Å²) in [5.74, 6) is 0.347. The quantitative estimate of drug-likeness (QED) is 0.900. The molecule has 1 aromatic carbocycles. The third-order valence-electron chi connectivity index (χ3n) is 2.81. The molecule has 0 bridgehead atoms. The molecule has 0 spiro atoms. The van der Waals surface area contributed by atoms with Crippen LogP contribution < -0.4 is 5.73 Å². The molecule has 0 aliphatic heterocycles. The van der Waals surface area contributed by atoms with Crippen molar-refractivity contribution in [3.63, 3.8) is 0 Å². The van der Waals surface area contributed by atoms with Crippen LogP contribution in [0.2, 0.25) is 0 Å². The van der Waals surface area contributed by atoms with Gasteiger partial charge in [0.15, 0.2) is 0 Å². The Kier molecular flexibility index (Phi) is 3.60. The van der Waals surface area contributed by atoms with E-state index in [0.717, 1.165) is 10.7 Å². The van der Waals surface area contributed by atoms with E-state index in [1.54, 1.807) is 11.3 Å². The number of nitrogens with zero attached hydrogens (tertiary/aromatic N) is 1. The molecule has 1 unspecified atom stereocenters. The Balaban J connectivity index is 2.36. The van der Waals surface area contributed by atoms with Crippen molar-refractivity contribution in [3.05, 3.63) is 39.7 Å². The molecule has 1 aromatic heterocycles. The molecule has 0 saturated carbocycles. The second-order valence-electron chi connectivity index (χ2n) is 4.58. The lowest BCUT2D eigenvalue weighted by molar-refractivity contribution is 0.766. The minimum Gasteiger partial charge on any atom is -0.330 e. The fourth-order valence-electron chi connectivity index (χ4n) is 1.87. The molecule has 2 rings (SSSR count). The van der Waals surface area contributed by atoms with Crippen molar-refractivity contribution < 1.29 is 0 Å². The van der Waals surface area contributed by atoms with Crippen LogP contribution in [-0.2, 0) is 0 Å². The second kappa shape index (κ2) is 4.98. The molecular formula is C14H18N2S. The Morgan fingerprint density at radius 1 is 1.24 bits per heavy atom. The molecule has 1 heterocycles. The molecule has 2 N–H and O–H groups in total. The van der Waals surface area contributed by atoms with Gasteiger partial charge in [-0.3, -0.25) is 0 Å². The van der Waals surface area contributed by atoms with Crippen LogP contribution in [0, 0.1) is 13.8 Å². The first kappa shape index (κ1) is 12.3. The van der Waals surface area contributed by atoms with E-state index < -0.39 is 0 Å². The fraction of sp³-hybridized carbons (Fsp3) is 0.357. The Bertz CT molecular complexity index is 496. The molecule has 1 atom stereocenters. The van der Waals surface area contributed by atoms with Crippen molar-refractivity contribution in [1.29, 1.82) is 0 Å². The summed E-state index contributed by atoms with van der Waals surface area (Å²) in [6.45, 7) is 7.00. The molecule has 2 aromatic rings. The minimum atomic E-state index is 0.347. The first-order valence-corrected chi connectivity index (χ1v) is 6.72. The van der Waals surface area contributed by atoms with Crippen LogP contribution >= 0.6 is 11.3 Å². The van der Waals surface area contributed by atoms with E-state index in [1.807, 2.05) is 0 Å². The number of hydrogen-bond acceptors (Lipinski definition) is 3. The van der Waals surface area contributed by atoms with E-state index in [-0.39, 0.29) is 0 Å². The molecule has 0 aliphatic carbocycles. The standard InChI is InChI=1S/C14H18N2S/c1-9-4-10(2)6-12(5-9)13-8-17-14(16-13)11(3)7-15/h4-6,8,11H,7,15H2,1-3H3. The van der Waals surface area contributed by atoms with E-state index in [4.69, 9.17) is 5.73 Å². The Labute approximate surface area is 107 Å². The number of benzene rings is 1. The van der Waals surface area contributed by atoms with Crippen LogP contribution in [0.3, 0.4) is 0 Å². The zero-order valence-corrected chi connectivity index (χ0v) is 11.3. The zero-order chi connectivity index (χ0) is 12.4. The van der Waals surface area contributed by atoms with Crippen LogP contribution in [0.25, 0.3) is 11.3 Å². The number of rotatable bonds is 3. The lowest BCUT2D eigenvalue weighted by atomic mass is 10.1. The molecule has 0 saturated heterocycles. The van der Waals surface area contributed by atoms with Crippen molar-refractivity contribution in [3.8, 4) is 11.3 Å². The summed E-state index contributed by atoms with van der Waals surface area (Å²) in [5, 5.41) is 3.25. The van der Waals surface area contributed by atoms with Gasteiger partial charge in [-0.1, -0.05) is 24.1 Å². The Hall–Kier alpha value is -1.19. The van der Waals surface area contributed by atoms with Crippen LogP contribution in [0.15, 0.2) is 23.6 Å². The molecule has 0 radical (unpaired) electrons. The summed E-state index contributed by atoms with van der Waals surface area (Å²) in [4.78, 5) is 4.67. The number of aryl methyl sites for hydroxylation is 2.